The maximum atomic E-state index is 11.6. The van der Waals surface area contributed by atoms with Crippen molar-refractivity contribution in [2.45, 2.75) is 19.3 Å². The van der Waals surface area contributed by atoms with Gasteiger partial charge in [0.05, 0.1) is 6.61 Å². The van der Waals surface area contributed by atoms with Crippen LogP contribution in [0, 0.1) is 5.92 Å². The van der Waals surface area contributed by atoms with Crippen molar-refractivity contribution in [3.63, 3.8) is 0 Å². The van der Waals surface area contributed by atoms with Gasteiger partial charge in [0, 0.05) is 32.6 Å². The highest BCUT2D eigenvalue weighted by Crippen LogP contribution is 2.28. The number of hydrogen-bond donors (Lipinski definition) is 3. The van der Waals surface area contributed by atoms with E-state index in [0.717, 1.165) is 37.5 Å². The summed E-state index contributed by atoms with van der Waals surface area (Å²) in [6.45, 7) is 2.67. The minimum Gasteiger partial charge on any atom is -0.494 e. The predicted molar refractivity (Wildman–Crippen MR) is 109 cm³/mol. The van der Waals surface area contributed by atoms with E-state index < -0.39 is 0 Å². The summed E-state index contributed by atoms with van der Waals surface area (Å²) < 4.78 is 5.83. The van der Waals surface area contributed by atoms with Crippen molar-refractivity contribution in [2.75, 3.05) is 33.3 Å². The Bertz CT molecular complexity index is 787. The number of amides is 1. The van der Waals surface area contributed by atoms with Gasteiger partial charge in [-0.15, -0.1) is 0 Å². The second-order valence-electron chi connectivity index (χ2n) is 6.70. The van der Waals surface area contributed by atoms with Gasteiger partial charge in [-0.1, -0.05) is 30.3 Å². The van der Waals surface area contributed by atoms with Gasteiger partial charge in [-0.2, -0.15) is 0 Å². The SMILES string of the molecule is CN=C(NCCCOc1ccc2ccccc2c1)NCCNC(=O)C1CC1. The molecule has 0 atom stereocenters. The van der Waals surface area contributed by atoms with Gasteiger partial charge >= 0.3 is 0 Å². The average Bonchev–Trinajstić information content (AvgIpc) is 3.54. The minimum absolute atomic E-state index is 0.172. The van der Waals surface area contributed by atoms with Crippen molar-refractivity contribution in [1.82, 2.24) is 16.0 Å². The van der Waals surface area contributed by atoms with Gasteiger partial charge in [0.15, 0.2) is 5.96 Å². The molecule has 0 radical (unpaired) electrons. The van der Waals surface area contributed by atoms with Gasteiger partial charge < -0.3 is 20.7 Å². The van der Waals surface area contributed by atoms with Crippen LogP contribution in [0.25, 0.3) is 10.8 Å². The van der Waals surface area contributed by atoms with E-state index in [2.05, 4.69) is 45.2 Å². The van der Waals surface area contributed by atoms with E-state index in [-0.39, 0.29) is 11.8 Å². The van der Waals surface area contributed by atoms with Crippen LogP contribution < -0.4 is 20.7 Å². The Morgan fingerprint density at radius 2 is 1.78 bits per heavy atom. The van der Waals surface area contributed by atoms with Crippen molar-refractivity contribution >= 4 is 22.6 Å². The lowest BCUT2D eigenvalue weighted by Gasteiger charge is -2.13. The molecular formula is C21H28N4O2. The van der Waals surface area contributed by atoms with Gasteiger partial charge in [-0.25, -0.2) is 0 Å². The predicted octanol–water partition coefficient (Wildman–Crippen LogP) is 2.30. The number of nitrogens with zero attached hydrogens (tertiary/aromatic N) is 1. The van der Waals surface area contributed by atoms with Crippen molar-refractivity contribution in [1.29, 1.82) is 0 Å². The zero-order valence-electron chi connectivity index (χ0n) is 15.8. The molecule has 3 rings (SSSR count). The molecule has 6 heteroatoms. The van der Waals surface area contributed by atoms with Crippen LogP contribution in [-0.4, -0.2) is 45.2 Å². The third-order valence-electron chi connectivity index (χ3n) is 4.49. The Morgan fingerprint density at radius 1 is 1.04 bits per heavy atom. The highest BCUT2D eigenvalue weighted by atomic mass is 16.5. The Morgan fingerprint density at radius 3 is 2.56 bits per heavy atom. The van der Waals surface area contributed by atoms with Crippen molar-refractivity contribution in [2.24, 2.45) is 10.9 Å². The number of carbonyl (C=O) groups excluding carboxylic acids is 1. The number of guanidine groups is 1. The summed E-state index contributed by atoms with van der Waals surface area (Å²) in [6.07, 6.45) is 2.93. The van der Waals surface area contributed by atoms with Crippen LogP contribution >= 0.6 is 0 Å². The lowest BCUT2D eigenvalue weighted by Crippen LogP contribution is -2.42. The van der Waals surface area contributed by atoms with E-state index >= 15 is 0 Å². The lowest BCUT2D eigenvalue weighted by molar-refractivity contribution is -0.122. The fourth-order valence-electron chi connectivity index (χ4n) is 2.80. The first-order valence-corrected chi connectivity index (χ1v) is 9.60. The fraction of sp³-hybridized carbons (Fsp3) is 0.429. The zero-order chi connectivity index (χ0) is 18.9. The highest BCUT2D eigenvalue weighted by Gasteiger charge is 2.28. The van der Waals surface area contributed by atoms with Crippen molar-refractivity contribution in [3.05, 3.63) is 42.5 Å². The number of rotatable bonds is 9. The number of ether oxygens (including phenoxy) is 1. The number of aliphatic imine (C=N–C) groups is 1. The largest absolute Gasteiger partial charge is 0.494 e. The molecule has 1 aliphatic rings. The molecule has 144 valence electrons. The number of nitrogens with one attached hydrogen (secondary N) is 3. The van der Waals surface area contributed by atoms with Gasteiger partial charge in [0.2, 0.25) is 5.91 Å². The molecule has 27 heavy (non-hydrogen) atoms. The number of hydrogen-bond acceptors (Lipinski definition) is 3. The third-order valence-corrected chi connectivity index (χ3v) is 4.49. The molecule has 1 amide bonds. The van der Waals surface area contributed by atoms with Crippen molar-refractivity contribution < 1.29 is 9.53 Å². The maximum absolute atomic E-state index is 11.6. The second kappa shape index (κ2) is 9.80. The molecule has 0 heterocycles. The summed E-state index contributed by atoms with van der Waals surface area (Å²) in [5, 5.41) is 11.8. The van der Waals surface area contributed by atoms with E-state index in [1.165, 1.54) is 10.8 Å². The standard InChI is InChI=1S/C21H28N4O2/c1-22-21(25-13-12-23-20(26)17-7-8-17)24-11-4-14-27-19-10-9-16-5-2-3-6-18(16)15-19/h2-3,5-6,9-10,15,17H,4,7-8,11-14H2,1H3,(H,23,26)(H2,22,24,25). The van der Waals surface area contributed by atoms with E-state index in [4.69, 9.17) is 4.74 Å². The molecule has 0 saturated heterocycles. The normalized spacial score (nSPS) is 14.0. The molecular weight excluding hydrogens is 340 g/mol. The number of benzene rings is 2. The summed E-state index contributed by atoms with van der Waals surface area (Å²) in [6, 6.07) is 14.4. The van der Waals surface area contributed by atoms with E-state index in [9.17, 15) is 4.79 Å². The van der Waals surface area contributed by atoms with Crippen LogP contribution in [0.3, 0.4) is 0 Å². The highest BCUT2D eigenvalue weighted by molar-refractivity contribution is 5.83. The summed E-state index contributed by atoms with van der Waals surface area (Å²) >= 11 is 0. The van der Waals surface area contributed by atoms with E-state index in [1.54, 1.807) is 7.05 Å². The van der Waals surface area contributed by atoms with Crippen molar-refractivity contribution in [3.8, 4) is 5.75 Å². The Balaban J connectivity index is 1.28. The van der Waals surface area contributed by atoms with Crippen LogP contribution in [0.1, 0.15) is 19.3 Å². The topological polar surface area (TPSA) is 74.8 Å². The Kier molecular flexibility index (Phi) is 6.90. The molecule has 1 aliphatic carbocycles. The molecule has 1 fully saturated rings. The molecule has 0 aliphatic heterocycles. The molecule has 6 nitrogen and oxygen atoms in total. The molecule has 0 unspecified atom stereocenters. The van der Waals surface area contributed by atoms with Gasteiger partial charge in [0.25, 0.3) is 0 Å². The fourth-order valence-corrected chi connectivity index (χ4v) is 2.80. The molecule has 0 bridgehead atoms. The van der Waals surface area contributed by atoms with Gasteiger partial charge in [0.1, 0.15) is 5.75 Å². The molecule has 2 aromatic rings. The smallest absolute Gasteiger partial charge is 0.223 e. The Hall–Kier alpha value is -2.76. The first kappa shape index (κ1) is 19.0. The minimum atomic E-state index is 0.172. The van der Waals surface area contributed by atoms with Crippen LogP contribution in [0.4, 0.5) is 0 Å². The van der Waals surface area contributed by atoms with E-state index in [1.807, 2.05) is 18.2 Å². The van der Waals surface area contributed by atoms with E-state index in [0.29, 0.717) is 19.7 Å². The van der Waals surface area contributed by atoms with Gasteiger partial charge in [-0.3, -0.25) is 9.79 Å². The molecule has 3 N–H and O–H groups in total. The van der Waals surface area contributed by atoms with Crippen LogP contribution in [0.2, 0.25) is 0 Å². The third kappa shape index (κ3) is 6.16. The maximum Gasteiger partial charge on any atom is 0.223 e. The summed E-state index contributed by atoms with van der Waals surface area (Å²) in [5.41, 5.74) is 0. The zero-order valence-corrected chi connectivity index (χ0v) is 15.8. The monoisotopic (exact) mass is 368 g/mol. The van der Waals surface area contributed by atoms with Crippen LogP contribution in [0.5, 0.6) is 5.75 Å². The first-order valence-electron chi connectivity index (χ1n) is 9.60. The quantitative estimate of drug-likeness (QED) is 0.361. The lowest BCUT2D eigenvalue weighted by atomic mass is 10.1. The summed E-state index contributed by atoms with van der Waals surface area (Å²) in [5.74, 6) is 2.06. The summed E-state index contributed by atoms with van der Waals surface area (Å²) in [7, 11) is 1.74. The molecule has 0 spiro atoms. The summed E-state index contributed by atoms with van der Waals surface area (Å²) in [4.78, 5) is 15.7. The van der Waals surface area contributed by atoms with Crippen LogP contribution in [0.15, 0.2) is 47.5 Å². The Labute approximate surface area is 160 Å². The number of carbonyl (C=O) groups is 1. The molecule has 1 saturated carbocycles. The van der Waals surface area contributed by atoms with Crippen LogP contribution in [-0.2, 0) is 4.79 Å². The van der Waals surface area contributed by atoms with Gasteiger partial charge in [-0.05, 0) is 42.2 Å². The average molecular weight is 368 g/mol. The number of fused-ring (bicyclic) bond motifs is 1. The first-order chi connectivity index (χ1) is 13.3. The molecule has 0 aromatic heterocycles. The second-order valence-corrected chi connectivity index (χ2v) is 6.70. The molecule has 2 aromatic carbocycles.